The number of benzene rings is 3. The average molecular weight is 877 g/mol. The first-order valence-corrected chi connectivity index (χ1v) is 22.4. The molecule has 16 nitrogen and oxygen atoms in total. The first-order chi connectivity index (χ1) is 30.8. The molecule has 4 amide bonds. The molecule has 0 spiro atoms. The van der Waals surface area contributed by atoms with Crippen LogP contribution in [0.15, 0.2) is 48.7 Å². The summed E-state index contributed by atoms with van der Waals surface area (Å²) in [5, 5.41) is 7.49. The van der Waals surface area contributed by atoms with E-state index < -0.39 is 24.3 Å². The van der Waals surface area contributed by atoms with Gasteiger partial charge in [0, 0.05) is 37.1 Å². The lowest BCUT2D eigenvalue weighted by molar-refractivity contribution is -0.136. The van der Waals surface area contributed by atoms with Crippen LogP contribution < -0.4 is 15.4 Å². The fourth-order valence-corrected chi connectivity index (χ4v) is 9.71. The number of alkyl carbamates (subject to hydrolysis) is 2. The molecule has 0 radical (unpaired) electrons. The Labute approximate surface area is 373 Å². The maximum absolute atomic E-state index is 14.2. The summed E-state index contributed by atoms with van der Waals surface area (Å²) in [6, 6.07) is 12.6. The van der Waals surface area contributed by atoms with Crippen molar-refractivity contribution < 1.29 is 38.1 Å². The van der Waals surface area contributed by atoms with Crippen LogP contribution in [-0.4, -0.2) is 107 Å². The van der Waals surface area contributed by atoms with Crippen LogP contribution >= 0.6 is 0 Å². The number of amides is 4. The molecule has 2 fully saturated rings. The second-order valence-corrected chi connectivity index (χ2v) is 17.9. The van der Waals surface area contributed by atoms with Gasteiger partial charge in [0.25, 0.3) is 0 Å². The lowest BCUT2D eigenvalue weighted by atomic mass is 9.92. The molecule has 16 heteroatoms. The predicted octanol–water partition coefficient (Wildman–Crippen LogP) is 7.65. The van der Waals surface area contributed by atoms with E-state index in [4.69, 9.17) is 28.9 Å². The Bertz CT molecular complexity index is 2550. The molecule has 0 saturated carbocycles. The molecule has 5 aromatic rings. The number of hydrogen-bond acceptors (Lipinski definition) is 10. The van der Waals surface area contributed by atoms with Gasteiger partial charge in [0.2, 0.25) is 11.8 Å². The zero-order valence-electron chi connectivity index (χ0n) is 37.9. The van der Waals surface area contributed by atoms with Crippen molar-refractivity contribution >= 4 is 45.8 Å². The van der Waals surface area contributed by atoms with Crippen molar-refractivity contribution in [1.82, 2.24) is 40.4 Å². The number of hydrogen-bond donors (Lipinski definition) is 4. The third kappa shape index (κ3) is 8.47. The molecule has 5 heterocycles. The molecule has 8 atom stereocenters. The molecular formula is C48H60N8O8. The van der Waals surface area contributed by atoms with Crippen molar-refractivity contribution in [2.45, 2.75) is 91.1 Å². The number of imidazole rings is 2. The number of likely N-dealkylation sites (tertiary alicyclic amines) is 2. The zero-order chi connectivity index (χ0) is 45.4. The third-order valence-electron chi connectivity index (χ3n) is 13.6. The van der Waals surface area contributed by atoms with Gasteiger partial charge in [-0.2, -0.15) is 0 Å². The normalized spacial score (nSPS) is 21.1. The first kappa shape index (κ1) is 44.4. The molecule has 3 aliphatic heterocycles. The zero-order valence-corrected chi connectivity index (χ0v) is 37.9. The summed E-state index contributed by atoms with van der Waals surface area (Å²) in [5.74, 6) is 2.00. The molecule has 3 aliphatic rings. The van der Waals surface area contributed by atoms with Crippen LogP contribution in [0, 0.1) is 23.7 Å². The van der Waals surface area contributed by atoms with Crippen LogP contribution in [0.25, 0.3) is 44.2 Å². The molecule has 3 aromatic carbocycles. The van der Waals surface area contributed by atoms with Gasteiger partial charge in [-0.15, -0.1) is 0 Å². The van der Waals surface area contributed by atoms with Gasteiger partial charge in [-0.3, -0.25) is 9.59 Å². The largest absolute Gasteiger partial charge is 0.488 e. The maximum atomic E-state index is 14.2. The summed E-state index contributed by atoms with van der Waals surface area (Å²) in [4.78, 5) is 73.4. The van der Waals surface area contributed by atoms with E-state index in [9.17, 15) is 19.2 Å². The van der Waals surface area contributed by atoms with Crippen LogP contribution in [0.3, 0.4) is 0 Å². The van der Waals surface area contributed by atoms with E-state index >= 15 is 0 Å². The van der Waals surface area contributed by atoms with Crippen LogP contribution in [0.2, 0.25) is 0 Å². The minimum Gasteiger partial charge on any atom is -0.488 e. The number of H-pyrrole nitrogens is 2. The second-order valence-electron chi connectivity index (χ2n) is 17.9. The van der Waals surface area contributed by atoms with E-state index in [1.54, 1.807) is 7.11 Å². The van der Waals surface area contributed by atoms with E-state index in [-0.39, 0.29) is 47.6 Å². The number of nitrogens with one attached hydrogen (secondary N) is 4. The summed E-state index contributed by atoms with van der Waals surface area (Å²) in [6.45, 7) is 11.9. The Morgan fingerprint density at radius 2 is 1.50 bits per heavy atom. The van der Waals surface area contributed by atoms with Crippen LogP contribution in [-0.2, 0) is 30.4 Å². The molecule has 0 aliphatic carbocycles. The quantitative estimate of drug-likeness (QED) is 0.0913. The van der Waals surface area contributed by atoms with Crippen molar-refractivity contribution in [1.29, 1.82) is 0 Å². The number of carbonyl (C=O) groups excluding carboxylic acids is 4. The lowest BCUT2D eigenvalue weighted by Crippen LogP contribution is -2.51. The Morgan fingerprint density at radius 3 is 2.16 bits per heavy atom. The smallest absolute Gasteiger partial charge is 0.407 e. The highest BCUT2D eigenvalue weighted by atomic mass is 16.5. The average Bonchev–Trinajstić information content (AvgIpc) is 4.14. The van der Waals surface area contributed by atoms with Gasteiger partial charge in [-0.1, -0.05) is 65.7 Å². The molecule has 5 unspecified atom stereocenters. The van der Waals surface area contributed by atoms with Crippen molar-refractivity contribution in [2.24, 2.45) is 23.7 Å². The molecule has 4 N–H and O–H groups in total. The summed E-state index contributed by atoms with van der Waals surface area (Å²) in [7, 11) is 4.26. The number of aromatic amines is 2. The van der Waals surface area contributed by atoms with E-state index in [0.717, 1.165) is 68.3 Å². The van der Waals surface area contributed by atoms with Gasteiger partial charge in [0.15, 0.2) is 0 Å². The molecule has 2 saturated heterocycles. The fourth-order valence-electron chi connectivity index (χ4n) is 9.71. The predicted molar refractivity (Wildman–Crippen MR) is 241 cm³/mol. The molecule has 2 aromatic heterocycles. The molecule has 0 bridgehead atoms. The highest BCUT2D eigenvalue weighted by Gasteiger charge is 2.43. The van der Waals surface area contributed by atoms with E-state index in [2.05, 4.69) is 63.9 Å². The number of carbonyl (C=O) groups is 4. The minimum absolute atomic E-state index is 0.0792. The first-order valence-electron chi connectivity index (χ1n) is 22.4. The minimum atomic E-state index is -0.748. The Morgan fingerprint density at radius 1 is 0.828 bits per heavy atom. The van der Waals surface area contributed by atoms with Crippen molar-refractivity contribution in [2.75, 3.05) is 41.0 Å². The number of nitrogens with zero attached hydrogens (tertiary/aromatic N) is 4. The standard InChI is InChI=1S/C48H60N8O8/c1-9-26(4)40(53-47(59)62-7)45(57)55-21-25(3)15-37(55)43-49-20-36(51-43)30-11-13-32-31(17-30)24-64-39-19-33-29(18-34(32)39)12-14-35-42(33)52-44(50-35)38-16-28(23-61-6)22-56(38)46(58)41(27(5)10-2)54-48(60)63-8/h11-14,17-20,25-28,37-38,40-41H,9-10,15-16,21-24H2,1-8H3,(H,49,51)(H,50,52)(H,53,59)(H,54,60)/t25-,26?,27?,28-,37?,38-,40?,41?/m0/s1. The van der Waals surface area contributed by atoms with Gasteiger partial charge >= 0.3 is 12.2 Å². The summed E-state index contributed by atoms with van der Waals surface area (Å²) >= 11 is 0. The SMILES string of the molecule is CCC(C)C(NC(=O)OC)C(=O)N1C[C@@H](C)CC1c1ncc(-c2ccc3c(c2)COc2cc4c(ccc5[nH]c([C@@H]6C[C@H](COC)CN6C(=O)C(NC(=O)OC)C(C)CC)nc54)cc2-3)[nH]1. The fraction of sp³-hybridized carbons (Fsp3) is 0.500. The van der Waals surface area contributed by atoms with Crippen LogP contribution in [0.5, 0.6) is 5.75 Å². The van der Waals surface area contributed by atoms with E-state index in [0.29, 0.717) is 50.8 Å². The van der Waals surface area contributed by atoms with Crippen molar-refractivity contribution in [3.8, 4) is 28.1 Å². The van der Waals surface area contributed by atoms with Crippen LogP contribution in [0.1, 0.15) is 89.6 Å². The van der Waals surface area contributed by atoms with Gasteiger partial charge in [-0.25, -0.2) is 19.6 Å². The topological polar surface area (TPSA) is 193 Å². The number of fused-ring (bicyclic) bond motifs is 6. The lowest BCUT2D eigenvalue weighted by Gasteiger charge is -2.30. The highest BCUT2D eigenvalue weighted by molar-refractivity contribution is 6.07. The van der Waals surface area contributed by atoms with E-state index in [1.807, 2.05) is 49.8 Å². The Hall–Kier alpha value is -6.16. The molecule has 8 rings (SSSR count). The monoisotopic (exact) mass is 876 g/mol. The molecule has 340 valence electrons. The Kier molecular flexibility index (Phi) is 12.9. The maximum Gasteiger partial charge on any atom is 0.407 e. The second kappa shape index (κ2) is 18.5. The number of methoxy groups -OCH3 is 3. The Balaban J connectivity index is 1.05. The van der Waals surface area contributed by atoms with Gasteiger partial charge in [0.05, 0.1) is 55.8 Å². The van der Waals surface area contributed by atoms with Crippen molar-refractivity contribution in [3.63, 3.8) is 0 Å². The third-order valence-corrected chi connectivity index (χ3v) is 13.6. The van der Waals surface area contributed by atoms with Crippen LogP contribution in [0.4, 0.5) is 9.59 Å². The van der Waals surface area contributed by atoms with E-state index in [1.165, 1.54) is 14.2 Å². The number of rotatable bonds is 13. The molecular weight excluding hydrogens is 817 g/mol. The highest BCUT2D eigenvalue weighted by Crippen LogP contribution is 2.44. The summed E-state index contributed by atoms with van der Waals surface area (Å²) < 4.78 is 21.7. The van der Waals surface area contributed by atoms with Gasteiger partial charge in [0.1, 0.15) is 36.1 Å². The number of ether oxygens (including phenoxy) is 4. The molecule has 64 heavy (non-hydrogen) atoms. The van der Waals surface area contributed by atoms with Gasteiger partial charge < -0.3 is 49.3 Å². The summed E-state index contributed by atoms with van der Waals surface area (Å²) in [6.07, 6.45) is 3.38. The summed E-state index contributed by atoms with van der Waals surface area (Å²) in [5.41, 5.74) is 6.52. The van der Waals surface area contributed by atoms with Gasteiger partial charge in [-0.05, 0) is 76.9 Å². The van der Waals surface area contributed by atoms with Crippen molar-refractivity contribution in [3.05, 3.63) is 65.9 Å². The number of aromatic nitrogens is 4.